The van der Waals surface area contributed by atoms with Gasteiger partial charge in [-0.1, -0.05) is 6.07 Å². The van der Waals surface area contributed by atoms with Crippen molar-refractivity contribution in [1.29, 1.82) is 0 Å². The molecule has 1 aliphatic carbocycles. The van der Waals surface area contributed by atoms with Gasteiger partial charge in [-0.3, -0.25) is 14.9 Å². The van der Waals surface area contributed by atoms with Gasteiger partial charge in [0.15, 0.2) is 0 Å². The molecule has 36 heavy (non-hydrogen) atoms. The number of hydrogen-bond acceptors (Lipinski definition) is 5. The van der Waals surface area contributed by atoms with Gasteiger partial charge < -0.3 is 15.8 Å². The van der Waals surface area contributed by atoms with Gasteiger partial charge in [-0.05, 0) is 48.1 Å². The van der Waals surface area contributed by atoms with Gasteiger partial charge in [0, 0.05) is 39.5 Å². The van der Waals surface area contributed by atoms with Crippen LogP contribution in [0.4, 0.5) is 23.2 Å². The lowest BCUT2D eigenvalue weighted by atomic mass is 9.92. The number of carboxylic acid groups (broad SMARTS) is 1. The lowest BCUT2D eigenvalue weighted by molar-refractivity contribution is -0.192. The van der Waals surface area contributed by atoms with Crippen LogP contribution in [0.5, 0.6) is 0 Å². The highest BCUT2D eigenvalue weighted by atomic mass is 19.4. The van der Waals surface area contributed by atoms with Crippen LogP contribution >= 0.6 is 0 Å². The summed E-state index contributed by atoms with van der Waals surface area (Å²) in [5.41, 5.74) is 9.53. The van der Waals surface area contributed by atoms with E-state index >= 15 is 0 Å². The standard InChI is InChI=1S/C22H16FN5O.C2HF3O2/c23-17-4-3-11(16-9-26-28-21(16)17)18-14-7-13(10-1-2-10)15-8-25-6-5-12(15)20(14)27-22(29)19(18)24;3-2(4,5)1(6)7/h3-10H,1-2,24H2,(H,26,28)(H,27,29);(H,6,7). The minimum atomic E-state index is -5.08. The maximum atomic E-state index is 14.2. The number of hydrogen-bond donors (Lipinski definition) is 4. The number of nitrogens with zero attached hydrogens (tertiary/aromatic N) is 2. The number of nitrogen functional groups attached to an aromatic ring is 1. The molecule has 0 spiro atoms. The van der Waals surface area contributed by atoms with Crippen molar-refractivity contribution in [3.63, 3.8) is 0 Å². The van der Waals surface area contributed by atoms with Gasteiger partial charge in [-0.25, -0.2) is 9.18 Å². The fourth-order valence-electron chi connectivity index (χ4n) is 4.31. The fourth-order valence-corrected chi connectivity index (χ4v) is 4.31. The van der Waals surface area contributed by atoms with Crippen molar-refractivity contribution in [1.82, 2.24) is 20.2 Å². The second-order valence-electron chi connectivity index (χ2n) is 8.38. The molecule has 3 heterocycles. The molecule has 5 aromatic rings. The second-order valence-corrected chi connectivity index (χ2v) is 8.38. The third-order valence-electron chi connectivity index (χ3n) is 6.09. The summed E-state index contributed by atoms with van der Waals surface area (Å²) in [5, 5.41) is 17.2. The van der Waals surface area contributed by atoms with Gasteiger partial charge in [0.05, 0.1) is 11.7 Å². The van der Waals surface area contributed by atoms with E-state index in [1.807, 2.05) is 12.3 Å². The first-order valence-electron chi connectivity index (χ1n) is 10.7. The summed E-state index contributed by atoms with van der Waals surface area (Å²) in [7, 11) is 0. The minimum absolute atomic E-state index is 0.113. The Morgan fingerprint density at radius 3 is 2.44 bits per heavy atom. The van der Waals surface area contributed by atoms with Crippen molar-refractivity contribution in [2.45, 2.75) is 24.9 Å². The predicted molar refractivity (Wildman–Crippen MR) is 125 cm³/mol. The maximum absolute atomic E-state index is 14.2. The van der Waals surface area contributed by atoms with Crippen LogP contribution in [0.15, 0.2) is 47.7 Å². The zero-order valence-electron chi connectivity index (χ0n) is 18.3. The molecule has 0 unspecified atom stereocenters. The first-order valence-corrected chi connectivity index (χ1v) is 10.7. The molecular weight excluding hydrogens is 482 g/mol. The van der Waals surface area contributed by atoms with E-state index in [1.165, 1.54) is 11.6 Å². The first-order chi connectivity index (χ1) is 17.1. The molecule has 0 bridgehead atoms. The summed E-state index contributed by atoms with van der Waals surface area (Å²) >= 11 is 0. The number of alkyl halides is 3. The number of aromatic nitrogens is 4. The summed E-state index contributed by atoms with van der Waals surface area (Å²) in [6.07, 6.45) is 2.31. The van der Waals surface area contributed by atoms with Crippen LogP contribution in [0.2, 0.25) is 0 Å². The van der Waals surface area contributed by atoms with E-state index in [1.54, 1.807) is 18.5 Å². The maximum Gasteiger partial charge on any atom is 0.490 e. The molecule has 8 nitrogen and oxygen atoms in total. The molecule has 0 saturated heterocycles. The second kappa shape index (κ2) is 8.33. The third kappa shape index (κ3) is 3.89. The number of benzene rings is 2. The van der Waals surface area contributed by atoms with Gasteiger partial charge in [0.25, 0.3) is 5.56 Å². The summed E-state index contributed by atoms with van der Waals surface area (Å²) in [4.78, 5) is 28.9. The zero-order chi connectivity index (χ0) is 25.8. The Bertz CT molecular complexity index is 1720. The molecule has 2 aromatic carbocycles. The number of carboxylic acids is 1. The molecule has 184 valence electrons. The van der Waals surface area contributed by atoms with Crippen LogP contribution < -0.4 is 11.3 Å². The Kier molecular flexibility index (Phi) is 5.38. The lowest BCUT2D eigenvalue weighted by Crippen LogP contribution is -2.21. The lowest BCUT2D eigenvalue weighted by Gasteiger charge is -2.15. The monoisotopic (exact) mass is 499 g/mol. The summed E-state index contributed by atoms with van der Waals surface area (Å²) in [5.74, 6) is -2.68. The van der Waals surface area contributed by atoms with Crippen LogP contribution in [-0.4, -0.2) is 37.4 Å². The van der Waals surface area contributed by atoms with E-state index in [2.05, 4.69) is 26.2 Å². The molecule has 0 atom stereocenters. The number of nitrogens with one attached hydrogen (secondary N) is 2. The molecule has 5 N–H and O–H groups in total. The first kappa shape index (κ1) is 23.3. The number of aromatic amines is 2. The quantitative estimate of drug-likeness (QED) is 0.202. The van der Waals surface area contributed by atoms with Gasteiger partial charge in [-0.2, -0.15) is 18.3 Å². The summed E-state index contributed by atoms with van der Waals surface area (Å²) in [6, 6.07) is 7.05. The Labute approximate surface area is 198 Å². The molecule has 3 aromatic heterocycles. The number of anilines is 1. The molecule has 0 radical (unpaired) electrons. The van der Waals surface area contributed by atoms with Gasteiger partial charge in [-0.15, -0.1) is 0 Å². The number of fused-ring (bicyclic) bond motifs is 4. The van der Waals surface area contributed by atoms with E-state index in [0.717, 1.165) is 29.0 Å². The van der Waals surface area contributed by atoms with E-state index in [4.69, 9.17) is 15.6 Å². The Morgan fingerprint density at radius 2 is 1.78 bits per heavy atom. The molecule has 0 aliphatic heterocycles. The van der Waals surface area contributed by atoms with Crippen molar-refractivity contribution < 1.29 is 27.5 Å². The third-order valence-corrected chi connectivity index (χ3v) is 6.09. The molecule has 0 amide bonds. The highest BCUT2D eigenvalue weighted by Gasteiger charge is 2.38. The topological polar surface area (TPSA) is 138 Å². The van der Waals surface area contributed by atoms with Crippen molar-refractivity contribution in [2.75, 3.05) is 5.73 Å². The number of carbonyl (C=O) groups is 1. The number of pyridine rings is 2. The van der Waals surface area contributed by atoms with E-state index in [9.17, 15) is 22.4 Å². The number of rotatable bonds is 2. The van der Waals surface area contributed by atoms with Gasteiger partial charge in [0.1, 0.15) is 17.0 Å². The average Bonchev–Trinajstić information content (AvgIpc) is 3.55. The smallest absolute Gasteiger partial charge is 0.475 e. The van der Waals surface area contributed by atoms with E-state index in [-0.39, 0.29) is 11.2 Å². The normalized spacial score (nSPS) is 13.7. The van der Waals surface area contributed by atoms with Gasteiger partial charge >= 0.3 is 12.1 Å². The molecule has 12 heteroatoms. The Hall–Kier alpha value is -4.48. The van der Waals surface area contributed by atoms with Crippen LogP contribution in [0, 0.1) is 5.82 Å². The van der Waals surface area contributed by atoms with Crippen molar-refractivity contribution >= 4 is 44.2 Å². The predicted octanol–water partition coefficient (Wildman–Crippen LogP) is 4.85. The largest absolute Gasteiger partial charge is 0.490 e. The number of H-pyrrole nitrogens is 2. The fraction of sp³-hybridized carbons (Fsp3) is 0.167. The minimum Gasteiger partial charge on any atom is -0.475 e. The molecule has 6 rings (SSSR count). The van der Waals surface area contributed by atoms with E-state index < -0.39 is 18.0 Å². The van der Waals surface area contributed by atoms with Crippen LogP contribution in [0.25, 0.3) is 43.7 Å². The number of nitrogens with two attached hydrogens (primary N) is 1. The summed E-state index contributed by atoms with van der Waals surface area (Å²) in [6.45, 7) is 0. The average molecular weight is 499 g/mol. The number of aliphatic carboxylic acids is 1. The van der Waals surface area contributed by atoms with Crippen LogP contribution in [-0.2, 0) is 4.79 Å². The van der Waals surface area contributed by atoms with Crippen molar-refractivity contribution in [3.05, 3.63) is 64.6 Å². The van der Waals surface area contributed by atoms with Crippen LogP contribution in [0.3, 0.4) is 0 Å². The summed E-state index contributed by atoms with van der Waals surface area (Å²) < 4.78 is 46.0. The molecule has 1 saturated carbocycles. The van der Waals surface area contributed by atoms with Crippen molar-refractivity contribution in [3.8, 4) is 11.1 Å². The van der Waals surface area contributed by atoms with Crippen LogP contribution in [0.1, 0.15) is 24.3 Å². The molecule has 1 fully saturated rings. The highest BCUT2D eigenvalue weighted by molar-refractivity contribution is 6.15. The van der Waals surface area contributed by atoms with Crippen molar-refractivity contribution in [2.24, 2.45) is 0 Å². The van der Waals surface area contributed by atoms with E-state index in [0.29, 0.717) is 33.5 Å². The van der Waals surface area contributed by atoms with Gasteiger partial charge in [0.2, 0.25) is 0 Å². The molecule has 1 aliphatic rings. The molecular formula is C24H17F4N5O3. The Morgan fingerprint density at radius 1 is 1.06 bits per heavy atom. The zero-order valence-corrected chi connectivity index (χ0v) is 18.3. The number of halogens is 4. The highest BCUT2D eigenvalue weighted by Crippen LogP contribution is 2.46. The SMILES string of the molecule is Nc1c(-c2ccc(F)c3[nH]ncc23)c2cc(C3CC3)c3cnccc3c2[nH]c1=O.O=C(O)C(F)(F)F. The Balaban J connectivity index is 0.000000338.